The summed E-state index contributed by atoms with van der Waals surface area (Å²) in [5.41, 5.74) is 3.24. The minimum absolute atomic E-state index is 0.0343. The second-order valence-electron chi connectivity index (χ2n) is 5.05. The van der Waals surface area contributed by atoms with Crippen molar-refractivity contribution in [3.8, 4) is 5.75 Å². The van der Waals surface area contributed by atoms with Crippen LogP contribution in [0.4, 0.5) is 0 Å². The van der Waals surface area contributed by atoms with Crippen molar-refractivity contribution in [2.75, 3.05) is 0 Å². The average molecular weight is 335 g/mol. The maximum absolute atomic E-state index is 11.4. The van der Waals surface area contributed by atoms with Crippen LogP contribution in [0.5, 0.6) is 5.75 Å². The molecule has 0 bridgehead atoms. The SMILES string of the molecule is CCc1ccc(OCc2c(Cl)cccc2SC(C)=O)c(C)c1. The molecule has 4 heteroatoms. The Hall–Kier alpha value is -1.45. The first-order chi connectivity index (χ1) is 10.5. The Morgan fingerprint density at radius 1 is 1.27 bits per heavy atom. The summed E-state index contributed by atoms with van der Waals surface area (Å²) in [7, 11) is 0. The Morgan fingerprint density at radius 3 is 2.68 bits per heavy atom. The van der Waals surface area contributed by atoms with E-state index < -0.39 is 0 Å². The predicted molar refractivity (Wildman–Crippen MR) is 92.9 cm³/mol. The van der Waals surface area contributed by atoms with Gasteiger partial charge >= 0.3 is 0 Å². The normalized spacial score (nSPS) is 10.5. The Bertz CT molecular complexity index is 683. The average Bonchev–Trinajstić information content (AvgIpc) is 2.47. The summed E-state index contributed by atoms with van der Waals surface area (Å²) in [5, 5.41) is 0.654. The molecule has 0 amide bonds. The van der Waals surface area contributed by atoms with Gasteiger partial charge in [0, 0.05) is 22.4 Å². The highest BCUT2D eigenvalue weighted by molar-refractivity contribution is 8.13. The van der Waals surface area contributed by atoms with E-state index in [2.05, 4.69) is 19.1 Å². The van der Waals surface area contributed by atoms with Gasteiger partial charge in [-0.3, -0.25) is 4.79 Å². The molecule has 0 fully saturated rings. The highest BCUT2D eigenvalue weighted by Gasteiger charge is 2.11. The molecule has 0 unspecified atom stereocenters. The molecule has 116 valence electrons. The molecule has 0 heterocycles. The fraction of sp³-hybridized carbons (Fsp3) is 0.278. The Balaban J connectivity index is 2.19. The van der Waals surface area contributed by atoms with Crippen LogP contribution in [0.3, 0.4) is 0 Å². The van der Waals surface area contributed by atoms with Gasteiger partial charge < -0.3 is 4.74 Å². The second-order valence-corrected chi connectivity index (χ2v) is 6.68. The molecule has 2 aromatic rings. The Labute approximate surface area is 140 Å². The number of aryl methyl sites for hydroxylation is 2. The van der Waals surface area contributed by atoms with Crippen LogP contribution >= 0.6 is 23.4 Å². The van der Waals surface area contributed by atoms with Gasteiger partial charge in [-0.05, 0) is 42.7 Å². The van der Waals surface area contributed by atoms with Crippen LogP contribution in [0.25, 0.3) is 0 Å². The summed E-state index contributed by atoms with van der Waals surface area (Å²) < 4.78 is 5.92. The maximum Gasteiger partial charge on any atom is 0.190 e. The summed E-state index contributed by atoms with van der Waals surface area (Å²) in [6, 6.07) is 11.7. The Morgan fingerprint density at radius 2 is 2.05 bits per heavy atom. The van der Waals surface area contributed by atoms with Gasteiger partial charge in [0.25, 0.3) is 0 Å². The molecule has 0 aromatic heterocycles. The van der Waals surface area contributed by atoms with Crippen LogP contribution in [0.1, 0.15) is 30.5 Å². The van der Waals surface area contributed by atoms with Gasteiger partial charge in [-0.25, -0.2) is 0 Å². The van der Waals surface area contributed by atoms with Gasteiger partial charge in [0.05, 0.1) is 0 Å². The van der Waals surface area contributed by atoms with E-state index in [1.165, 1.54) is 17.3 Å². The number of hydrogen-bond donors (Lipinski definition) is 0. The number of thioether (sulfide) groups is 1. The third-order valence-electron chi connectivity index (χ3n) is 3.35. The highest BCUT2D eigenvalue weighted by Crippen LogP contribution is 2.30. The minimum atomic E-state index is 0.0343. The zero-order chi connectivity index (χ0) is 16.1. The standard InChI is InChI=1S/C18H19ClO2S/c1-4-14-8-9-17(12(2)10-14)21-11-15-16(19)6-5-7-18(15)22-13(3)20/h5-10H,4,11H2,1-3H3. The molecule has 0 saturated carbocycles. The van der Waals surface area contributed by atoms with Gasteiger partial charge in [0.1, 0.15) is 12.4 Å². The first-order valence-electron chi connectivity index (χ1n) is 7.19. The zero-order valence-corrected chi connectivity index (χ0v) is 14.6. The summed E-state index contributed by atoms with van der Waals surface area (Å²) in [6.07, 6.45) is 1.00. The van der Waals surface area contributed by atoms with E-state index in [1.807, 2.05) is 31.2 Å². The number of halogens is 1. The van der Waals surface area contributed by atoms with Crippen molar-refractivity contribution in [1.82, 2.24) is 0 Å². The lowest BCUT2D eigenvalue weighted by Crippen LogP contribution is -2.01. The quantitative estimate of drug-likeness (QED) is 0.682. The van der Waals surface area contributed by atoms with E-state index in [1.54, 1.807) is 6.92 Å². The number of ether oxygens (including phenoxy) is 1. The van der Waals surface area contributed by atoms with Crippen LogP contribution in [0.15, 0.2) is 41.3 Å². The summed E-state index contributed by atoms with van der Waals surface area (Å²) >= 11 is 7.44. The van der Waals surface area contributed by atoms with Crippen molar-refractivity contribution < 1.29 is 9.53 Å². The summed E-state index contributed by atoms with van der Waals surface area (Å²) in [4.78, 5) is 12.2. The lowest BCUT2D eigenvalue weighted by molar-refractivity contribution is -0.109. The third-order valence-corrected chi connectivity index (χ3v) is 4.59. The lowest BCUT2D eigenvalue weighted by atomic mass is 10.1. The number of carbonyl (C=O) groups is 1. The van der Waals surface area contributed by atoms with Gasteiger partial charge in [0.15, 0.2) is 5.12 Å². The van der Waals surface area contributed by atoms with Crippen LogP contribution in [-0.4, -0.2) is 5.12 Å². The molecule has 0 aliphatic heterocycles. The smallest absolute Gasteiger partial charge is 0.190 e. The van der Waals surface area contributed by atoms with E-state index in [0.29, 0.717) is 11.6 Å². The monoisotopic (exact) mass is 334 g/mol. The van der Waals surface area contributed by atoms with Crippen molar-refractivity contribution >= 4 is 28.5 Å². The topological polar surface area (TPSA) is 26.3 Å². The first kappa shape index (κ1) is 16.9. The van der Waals surface area contributed by atoms with Crippen molar-refractivity contribution in [3.63, 3.8) is 0 Å². The molecule has 2 nitrogen and oxygen atoms in total. The zero-order valence-electron chi connectivity index (χ0n) is 13.0. The fourth-order valence-electron chi connectivity index (χ4n) is 2.17. The molecule has 0 atom stereocenters. The minimum Gasteiger partial charge on any atom is -0.489 e. The van der Waals surface area contributed by atoms with Crippen LogP contribution in [0.2, 0.25) is 5.02 Å². The highest BCUT2D eigenvalue weighted by atomic mass is 35.5. The number of carbonyl (C=O) groups excluding carboxylic acids is 1. The van der Waals surface area contributed by atoms with Gasteiger partial charge in [-0.2, -0.15) is 0 Å². The summed E-state index contributed by atoms with van der Waals surface area (Å²) in [6.45, 7) is 6.06. The molecule has 0 spiro atoms. The van der Waals surface area contributed by atoms with Crippen molar-refractivity contribution in [3.05, 3.63) is 58.1 Å². The van der Waals surface area contributed by atoms with E-state index >= 15 is 0 Å². The van der Waals surface area contributed by atoms with Gasteiger partial charge in [0.2, 0.25) is 0 Å². The third kappa shape index (κ3) is 4.28. The molecule has 0 saturated heterocycles. The molecule has 0 aliphatic carbocycles. The van der Waals surface area contributed by atoms with E-state index in [-0.39, 0.29) is 5.12 Å². The summed E-state index contributed by atoms with van der Waals surface area (Å²) in [5.74, 6) is 0.843. The fourth-order valence-corrected chi connectivity index (χ4v) is 3.21. The first-order valence-corrected chi connectivity index (χ1v) is 8.38. The van der Waals surface area contributed by atoms with Gasteiger partial charge in [-0.15, -0.1) is 0 Å². The molecule has 2 rings (SSSR count). The van der Waals surface area contributed by atoms with Crippen LogP contribution in [-0.2, 0) is 17.8 Å². The molecule has 22 heavy (non-hydrogen) atoms. The Kier molecular flexibility index (Phi) is 5.92. The molecule has 0 radical (unpaired) electrons. The predicted octanol–water partition coefficient (Wildman–Crippen LogP) is 5.43. The molecule has 2 aromatic carbocycles. The van der Waals surface area contributed by atoms with E-state index in [4.69, 9.17) is 16.3 Å². The van der Waals surface area contributed by atoms with Crippen molar-refractivity contribution in [1.29, 1.82) is 0 Å². The molecular weight excluding hydrogens is 316 g/mol. The van der Waals surface area contributed by atoms with E-state index in [9.17, 15) is 4.79 Å². The molecule has 0 N–H and O–H groups in total. The number of rotatable bonds is 5. The second kappa shape index (κ2) is 7.70. The maximum atomic E-state index is 11.4. The van der Waals surface area contributed by atoms with Crippen LogP contribution in [0, 0.1) is 6.92 Å². The van der Waals surface area contributed by atoms with Crippen molar-refractivity contribution in [2.24, 2.45) is 0 Å². The van der Waals surface area contributed by atoms with Crippen molar-refractivity contribution in [2.45, 2.75) is 38.7 Å². The number of hydrogen-bond acceptors (Lipinski definition) is 3. The molecular formula is C18H19ClO2S. The number of benzene rings is 2. The largest absolute Gasteiger partial charge is 0.489 e. The molecule has 0 aliphatic rings. The van der Waals surface area contributed by atoms with Crippen LogP contribution < -0.4 is 4.74 Å². The van der Waals surface area contributed by atoms with Gasteiger partial charge in [-0.1, -0.05) is 48.5 Å². The van der Waals surface area contributed by atoms with E-state index in [0.717, 1.165) is 28.2 Å². The lowest BCUT2D eigenvalue weighted by Gasteiger charge is -2.13.